The van der Waals surface area contributed by atoms with Gasteiger partial charge in [0.05, 0.1) is 0 Å². The predicted molar refractivity (Wildman–Crippen MR) is 98.7 cm³/mol. The number of aromatic nitrogens is 4. The average molecular weight is 355 g/mol. The van der Waals surface area contributed by atoms with E-state index in [9.17, 15) is 4.79 Å². The summed E-state index contributed by atoms with van der Waals surface area (Å²) in [6, 6.07) is 9.70. The molecule has 0 aliphatic carbocycles. The van der Waals surface area contributed by atoms with Crippen molar-refractivity contribution >= 4 is 23.4 Å². The predicted octanol–water partition coefficient (Wildman–Crippen LogP) is 2.97. The topological polar surface area (TPSA) is 63.4 Å². The highest BCUT2D eigenvalue weighted by atomic mass is 32.2. The third-order valence-corrected chi connectivity index (χ3v) is 5.33. The number of likely N-dealkylation sites (N-methyl/N-ethyl adjacent to an activating group) is 1. The number of benzene rings is 1. The minimum absolute atomic E-state index is 0.00657. The lowest BCUT2D eigenvalue weighted by Gasteiger charge is -2.19. The minimum Gasteiger partial charge on any atom is -0.348 e. The van der Waals surface area contributed by atoms with E-state index < -0.39 is 5.25 Å². The van der Waals surface area contributed by atoms with Crippen LogP contribution in [0.4, 0.5) is 0 Å². The Morgan fingerprint density at radius 2 is 1.80 bits per heavy atom. The van der Waals surface area contributed by atoms with Crippen molar-refractivity contribution in [2.24, 2.45) is 0 Å². The first-order valence-electron chi connectivity index (χ1n) is 8.02. The second-order valence-corrected chi connectivity index (χ2v) is 7.23. The summed E-state index contributed by atoms with van der Waals surface area (Å²) in [5.74, 6) is 0.569. The molecule has 0 saturated heterocycles. The molecule has 130 valence electrons. The molecule has 1 aromatic carbocycles. The smallest absolute Gasteiger partial charge is 0.253 e. The standard InChI is InChI=1S/C18H21N5OS/c1-11-12(2)19-17-20-18(21-23(17)13(11)3)25-15(16(24)22(4)5)14-9-7-6-8-10-14/h6-10,15H,1-5H3. The summed E-state index contributed by atoms with van der Waals surface area (Å²) in [5.41, 5.74) is 3.98. The van der Waals surface area contributed by atoms with E-state index in [2.05, 4.69) is 15.1 Å². The molecule has 25 heavy (non-hydrogen) atoms. The van der Waals surface area contributed by atoms with Crippen LogP contribution in [0.2, 0.25) is 0 Å². The highest BCUT2D eigenvalue weighted by Gasteiger charge is 2.26. The summed E-state index contributed by atoms with van der Waals surface area (Å²) in [6.07, 6.45) is 0. The second kappa shape index (κ2) is 6.84. The van der Waals surface area contributed by atoms with Gasteiger partial charge in [0.25, 0.3) is 5.78 Å². The molecule has 7 heteroatoms. The Balaban J connectivity index is 2.01. The molecule has 2 heterocycles. The number of rotatable bonds is 4. The Morgan fingerprint density at radius 1 is 1.12 bits per heavy atom. The van der Waals surface area contributed by atoms with Crippen molar-refractivity contribution in [1.29, 1.82) is 0 Å². The molecule has 3 rings (SSSR count). The molecule has 0 aliphatic rings. The van der Waals surface area contributed by atoms with Crippen LogP contribution in [0.15, 0.2) is 35.5 Å². The Morgan fingerprint density at radius 3 is 2.44 bits per heavy atom. The van der Waals surface area contributed by atoms with E-state index >= 15 is 0 Å². The van der Waals surface area contributed by atoms with E-state index in [4.69, 9.17) is 0 Å². The van der Waals surface area contributed by atoms with E-state index in [1.165, 1.54) is 11.8 Å². The highest BCUT2D eigenvalue weighted by molar-refractivity contribution is 8.00. The number of nitrogens with zero attached hydrogens (tertiary/aromatic N) is 5. The number of hydrogen-bond acceptors (Lipinski definition) is 5. The first-order valence-corrected chi connectivity index (χ1v) is 8.89. The summed E-state index contributed by atoms with van der Waals surface area (Å²) in [7, 11) is 3.52. The maximum Gasteiger partial charge on any atom is 0.253 e. The van der Waals surface area contributed by atoms with Gasteiger partial charge in [-0.1, -0.05) is 42.1 Å². The van der Waals surface area contributed by atoms with Crippen molar-refractivity contribution in [3.63, 3.8) is 0 Å². The molecular formula is C18H21N5OS. The maximum absolute atomic E-state index is 12.7. The number of thioether (sulfide) groups is 1. The van der Waals surface area contributed by atoms with Crippen molar-refractivity contribution in [3.05, 3.63) is 52.8 Å². The van der Waals surface area contributed by atoms with Crippen LogP contribution < -0.4 is 0 Å². The largest absolute Gasteiger partial charge is 0.348 e. The fourth-order valence-electron chi connectivity index (χ4n) is 2.52. The van der Waals surface area contributed by atoms with Crippen LogP contribution in [0.5, 0.6) is 0 Å². The second-order valence-electron chi connectivity index (χ2n) is 6.16. The Labute approximate surface area is 151 Å². The van der Waals surface area contributed by atoms with Gasteiger partial charge >= 0.3 is 0 Å². The molecule has 0 N–H and O–H groups in total. The highest BCUT2D eigenvalue weighted by Crippen LogP contribution is 2.35. The van der Waals surface area contributed by atoms with Gasteiger partial charge in [-0.05, 0) is 31.9 Å². The zero-order valence-corrected chi connectivity index (χ0v) is 15.8. The van der Waals surface area contributed by atoms with Crippen LogP contribution >= 0.6 is 11.8 Å². The number of fused-ring (bicyclic) bond motifs is 1. The van der Waals surface area contributed by atoms with Crippen molar-refractivity contribution in [2.45, 2.75) is 31.2 Å². The van der Waals surface area contributed by atoms with Gasteiger partial charge in [0, 0.05) is 25.5 Å². The summed E-state index contributed by atoms with van der Waals surface area (Å²) in [6.45, 7) is 5.99. The Hall–Kier alpha value is -2.41. The van der Waals surface area contributed by atoms with Crippen LogP contribution in [0, 0.1) is 20.8 Å². The van der Waals surface area contributed by atoms with E-state index in [0.717, 1.165) is 22.5 Å². The van der Waals surface area contributed by atoms with E-state index in [1.54, 1.807) is 23.5 Å². The average Bonchev–Trinajstić information content (AvgIpc) is 3.00. The van der Waals surface area contributed by atoms with Crippen molar-refractivity contribution in [2.75, 3.05) is 14.1 Å². The maximum atomic E-state index is 12.7. The van der Waals surface area contributed by atoms with Gasteiger partial charge < -0.3 is 4.90 Å². The monoisotopic (exact) mass is 355 g/mol. The van der Waals surface area contributed by atoms with Crippen LogP contribution in [0.1, 0.15) is 27.8 Å². The molecule has 1 unspecified atom stereocenters. The number of aryl methyl sites for hydroxylation is 2. The summed E-state index contributed by atoms with van der Waals surface area (Å²) in [4.78, 5) is 23.3. The van der Waals surface area contributed by atoms with E-state index in [1.807, 2.05) is 51.1 Å². The van der Waals surface area contributed by atoms with Crippen LogP contribution in [0.3, 0.4) is 0 Å². The fourth-order valence-corrected chi connectivity index (χ4v) is 3.59. The molecule has 0 spiro atoms. The van der Waals surface area contributed by atoms with Crippen LogP contribution in [-0.2, 0) is 4.79 Å². The van der Waals surface area contributed by atoms with Gasteiger partial charge in [0.15, 0.2) is 0 Å². The Kier molecular flexibility index (Phi) is 4.76. The third kappa shape index (κ3) is 3.37. The lowest BCUT2D eigenvalue weighted by molar-refractivity contribution is -0.128. The molecule has 2 aromatic heterocycles. The fraction of sp³-hybridized carbons (Fsp3) is 0.333. The molecule has 0 fully saturated rings. The third-order valence-electron chi connectivity index (χ3n) is 4.23. The molecule has 3 aromatic rings. The number of carbonyl (C=O) groups excluding carboxylic acids is 1. The number of amides is 1. The minimum atomic E-state index is -0.392. The summed E-state index contributed by atoms with van der Waals surface area (Å²) >= 11 is 1.35. The molecule has 0 bridgehead atoms. The summed E-state index contributed by atoms with van der Waals surface area (Å²) in [5, 5.41) is 4.71. The SMILES string of the molecule is Cc1nc2nc(SC(C(=O)N(C)C)c3ccccc3)nn2c(C)c1C. The molecule has 0 aliphatic heterocycles. The van der Waals surface area contributed by atoms with Gasteiger partial charge in [-0.15, -0.1) is 5.10 Å². The first kappa shape index (κ1) is 17.4. The molecule has 0 radical (unpaired) electrons. The zero-order chi connectivity index (χ0) is 18.1. The van der Waals surface area contributed by atoms with Crippen molar-refractivity contribution in [3.8, 4) is 0 Å². The van der Waals surface area contributed by atoms with Gasteiger partial charge in [0.2, 0.25) is 11.1 Å². The van der Waals surface area contributed by atoms with Crippen LogP contribution in [-0.4, -0.2) is 44.5 Å². The van der Waals surface area contributed by atoms with Gasteiger partial charge in [-0.25, -0.2) is 9.50 Å². The van der Waals surface area contributed by atoms with Crippen molar-refractivity contribution < 1.29 is 4.79 Å². The molecule has 1 amide bonds. The summed E-state index contributed by atoms with van der Waals surface area (Å²) < 4.78 is 1.74. The van der Waals surface area contributed by atoms with Gasteiger partial charge in [0.1, 0.15) is 5.25 Å². The normalized spacial score (nSPS) is 12.4. The number of hydrogen-bond donors (Lipinski definition) is 0. The molecule has 6 nitrogen and oxygen atoms in total. The molecule has 0 saturated carbocycles. The zero-order valence-electron chi connectivity index (χ0n) is 15.0. The lowest BCUT2D eigenvalue weighted by Crippen LogP contribution is -2.26. The van der Waals surface area contributed by atoms with Crippen molar-refractivity contribution in [1.82, 2.24) is 24.5 Å². The number of carbonyl (C=O) groups is 1. The first-order chi connectivity index (χ1) is 11.9. The van der Waals surface area contributed by atoms with Gasteiger partial charge in [-0.2, -0.15) is 4.98 Å². The van der Waals surface area contributed by atoms with Crippen LogP contribution in [0.25, 0.3) is 5.78 Å². The lowest BCUT2D eigenvalue weighted by atomic mass is 10.1. The quantitative estimate of drug-likeness (QED) is 0.673. The van der Waals surface area contributed by atoms with E-state index in [0.29, 0.717) is 10.9 Å². The Bertz CT molecular complexity index is 920. The molecule has 1 atom stereocenters. The van der Waals surface area contributed by atoms with E-state index in [-0.39, 0.29) is 5.91 Å². The van der Waals surface area contributed by atoms with Gasteiger partial charge in [-0.3, -0.25) is 4.79 Å². The molecular weight excluding hydrogens is 334 g/mol.